The van der Waals surface area contributed by atoms with E-state index in [1.54, 1.807) is 41.9 Å². The number of rotatable bonds is 4. The predicted octanol–water partition coefficient (Wildman–Crippen LogP) is 3.30. The van der Waals surface area contributed by atoms with Crippen LogP contribution >= 0.6 is 23.5 Å². The normalized spacial score (nSPS) is 18.3. The molecule has 0 saturated heterocycles. The number of hydrogen-bond acceptors (Lipinski definition) is 6. The maximum atomic E-state index is 12.4. The lowest BCUT2D eigenvalue weighted by molar-refractivity contribution is -0.731. The highest BCUT2D eigenvalue weighted by molar-refractivity contribution is 8.03. The molecule has 10 heteroatoms. The van der Waals surface area contributed by atoms with Crippen LogP contribution in [0.4, 0.5) is 5.69 Å². The fraction of sp³-hybridized carbons (Fsp3) is 0.150. The highest BCUT2D eigenvalue weighted by Gasteiger charge is 2.38. The van der Waals surface area contributed by atoms with Crippen LogP contribution in [0.1, 0.15) is 11.6 Å². The molecule has 3 heterocycles. The van der Waals surface area contributed by atoms with Gasteiger partial charge in [-0.05, 0) is 17.7 Å². The largest absolute Gasteiger partial charge is 0.320 e. The Bertz CT molecular complexity index is 1290. The molecular formula is C20H16N5O3S2+. The zero-order valence-corrected chi connectivity index (χ0v) is 17.2. The SMILES string of the molecule is O=c1[nH]c2[n+](c3[nH]ncc13)C(c1ccccc1)C(Sc1ccc([N+](=O)[O-])cc1)CS2. The van der Waals surface area contributed by atoms with E-state index in [0.717, 1.165) is 21.4 Å². The van der Waals surface area contributed by atoms with Gasteiger partial charge in [0.2, 0.25) is 0 Å². The molecule has 2 unspecified atom stereocenters. The third-order valence-electron chi connectivity index (χ3n) is 5.03. The van der Waals surface area contributed by atoms with E-state index < -0.39 is 4.92 Å². The lowest BCUT2D eigenvalue weighted by Gasteiger charge is -2.31. The average Bonchev–Trinajstić information content (AvgIpc) is 3.26. The molecule has 0 radical (unpaired) electrons. The molecule has 0 aliphatic carbocycles. The van der Waals surface area contributed by atoms with Crippen molar-refractivity contribution in [2.24, 2.45) is 0 Å². The average molecular weight is 439 g/mol. The molecule has 2 aromatic carbocycles. The topological polar surface area (TPSA) is 109 Å². The Morgan fingerprint density at radius 2 is 1.93 bits per heavy atom. The predicted molar refractivity (Wildman–Crippen MR) is 115 cm³/mol. The number of H-pyrrole nitrogens is 2. The molecule has 0 fully saturated rings. The summed E-state index contributed by atoms with van der Waals surface area (Å²) < 4.78 is 2.11. The van der Waals surface area contributed by atoms with E-state index in [-0.39, 0.29) is 22.5 Å². The Kier molecular flexibility index (Phi) is 4.80. The first kappa shape index (κ1) is 18.9. The number of aromatic amines is 2. The van der Waals surface area contributed by atoms with Crippen LogP contribution in [0, 0.1) is 10.1 Å². The third-order valence-corrected chi connectivity index (χ3v) is 7.62. The van der Waals surface area contributed by atoms with Crippen molar-refractivity contribution in [1.29, 1.82) is 0 Å². The van der Waals surface area contributed by atoms with Gasteiger partial charge < -0.3 is 0 Å². The van der Waals surface area contributed by atoms with Gasteiger partial charge in [0.05, 0.1) is 16.4 Å². The van der Waals surface area contributed by atoms with Crippen LogP contribution < -0.4 is 10.1 Å². The van der Waals surface area contributed by atoms with E-state index in [0.29, 0.717) is 11.0 Å². The van der Waals surface area contributed by atoms with E-state index in [1.807, 2.05) is 18.2 Å². The maximum absolute atomic E-state index is 12.4. The molecule has 5 rings (SSSR count). The summed E-state index contributed by atoms with van der Waals surface area (Å²) in [4.78, 5) is 26.9. The highest BCUT2D eigenvalue weighted by Crippen LogP contribution is 2.39. The number of nitrogens with zero attached hydrogens (tertiary/aromatic N) is 3. The molecule has 0 spiro atoms. The fourth-order valence-corrected chi connectivity index (χ4v) is 6.22. The van der Waals surface area contributed by atoms with Gasteiger partial charge in [0, 0.05) is 22.8 Å². The number of nitrogens with one attached hydrogen (secondary N) is 2. The Hall–Kier alpha value is -3.11. The van der Waals surface area contributed by atoms with Crippen LogP contribution in [-0.2, 0) is 0 Å². The van der Waals surface area contributed by atoms with Gasteiger partial charge in [-0.15, -0.1) is 16.9 Å². The molecule has 2 N–H and O–H groups in total. The number of non-ortho nitro benzene ring substituents is 1. The second kappa shape index (κ2) is 7.62. The maximum Gasteiger partial charge on any atom is 0.320 e. The number of hydrogen-bond donors (Lipinski definition) is 2. The monoisotopic (exact) mass is 438 g/mol. The number of nitro benzene ring substituents is 1. The molecule has 2 atom stereocenters. The minimum atomic E-state index is -0.394. The van der Waals surface area contributed by atoms with Gasteiger partial charge in [0.1, 0.15) is 6.04 Å². The van der Waals surface area contributed by atoms with Gasteiger partial charge in [0.15, 0.2) is 5.39 Å². The summed E-state index contributed by atoms with van der Waals surface area (Å²) >= 11 is 3.26. The van der Waals surface area contributed by atoms with E-state index in [2.05, 4.69) is 31.9 Å². The van der Waals surface area contributed by atoms with Crippen LogP contribution in [0.15, 0.2) is 75.6 Å². The van der Waals surface area contributed by atoms with Crippen LogP contribution in [0.5, 0.6) is 0 Å². The molecule has 0 bridgehead atoms. The van der Waals surface area contributed by atoms with Gasteiger partial charge in [0.25, 0.3) is 16.5 Å². The molecular weight excluding hydrogens is 422 g/mol. The van der Waals surface area contributed by atoms with Crippen LogP contribution in [0.2, 0.25) is 0 Å². The van der Waals surface area contributed by atoms with E-state index in [1.165, 1.54) is 12.1 Å². The van der Waals surface area contributed by atoms with Crippen molar-refractivity contribution in [2.45, 2.75) is 21.3 Å². The first-order valence-corrected chi connectivity index (χ1v) is 11.1. The van der Waals surface area contributed by atoms with Crippen LogP contribution in [-0.4, -0.2) is 31.1 Å². The standard InChI is InChI=1S/C20H15N5O3S2/c26-19-15-10-21-23-18(15)24-17(12-4-2-1-3-5-12)16(11-29-20(24)22-19)30-14-8-6-13(7-9-14)25(27)28/h1-10,16-17H,11H2,(H,21,23,26)/p+1. The molecule has 2 aromatic heterocycles. The van der Waals surface area contributed by atoms with Gasteiger partial charge in [-0.3, -0.25) is 14.9 Å². The summed E-state index contributed by atoms with van der Waals surface area (Å²) in [5, 5.41) is 19.5. The molecule has 0 amide bonds. The van der Waals surface area contributed by atoms with Gasteiger partial charge in [-0.2, -0.15) is 5.10 Å². The first-order valence-electron chi connectivity index (χ1n) is 9.21. The quantitative estimate of drug-likeness (QED) is 0.219. The summed E-state index contributed by atoms with van der Waals surface area (Å²) in [5.74, 6) is 0.775. The van der Waals surface area contributed by atoms with Crippen molar-refractivity contribution in [3.8, 4) is 0 Å². The summed E-state index contributed by atoms with van der Waals surface area (Å²) in [6.07, 6.45) is 1.54. The fourth-order valence-electron chi connectivity index (χ4n) is 3.68. The Morgan fingerprint density at radius 3 is 2.67 bits per heavy atom. The van der Waals surface area contributed by atoms with Gasteiger partial charge in [-0.1, -0.05) is 42.1 Å². The first-order chi connectivity index (χ1) is 14.6. The zero-order chi connectivity index (χ0) is 20.7. The smallest absolute Gasteiger partial charge is 0.258 e. The van der Waals surface area contributed by atoms with Crippen molar-refractivity contribution < 1.29 is 9.49 Å². The molecule has 30 heavy (non-hydrogen) atoms. The number of nitro groups is 1. The highest BCUT2D eigenvalue weighted by atomic mass is 32.2. The van der Waals surface area contributed by atoms with Crippen molar-refractivity contribution >= 4 is 40.2 Å². The Morgan fingerprint density at radius 1 is 1.17 bits per heavy atom. The number of aromatic nitrogens is 4. The minimum absolute atomic E-state index is 0.0533. The second-order valence-electron chi connectivity index (χ2n) is 6.84. The van der Waals surface area contributed by atoms with Crippen LogP contribution in [0.3, 0.4) is 0 Å². The summed E-state index contributed by atoms with van der Waals surface area (Å²) in [5.41, 5.74) is 1.72. The van der Waals surface area contributed by atoms with E-state index in [9.17, 15) is 14.9 Å². The molecule has 8 nitrogen and oxygen atoms in total. The van der Waals surface area contributed by atoms with E-state index >= 15 is 0 Å². The lowest BCUT2D eigenvalue weighted by Crippen LogP contribution is -2.53. The molecule has 4 aromatic rings. The van der Waals surface area contributed by atoms with Crippen molar-refractivity contribution in [3.63, 3.8) is 0 Å². The Balaban J connectivity index is 1.61. The van der Waals surface area contributed by atoms with Crippen LogP contribution in [0.25, 0.3) is 11.0 Å². The summed E-state index contributed by atoms with van der Waals surface area (Å²) in [7, 11) is 0. The molecule has 150 valence electrons. The number of thioether (sulfide) groups is 2. The number of fused-ring (bicyclic) bond motifs is 3. The third kappa shape index (κ3) is 3.27. The lowest BCUT2D eigenvalue weighted by atomic mass is 10.0. The second-order valence-corrected chi connectivity index (χ2v) is 9.16. The molecule has 0 saturated carbocycles. The van der Waals surface area contributed by atoms with Gasteiger partial charge >= 0.3 is 5.56 Å². The van der Waals surface area contributed by atoms with E-state index in [4.69, 9.17) is 0 Å². The number of benzene rings is 2. The van der Waals surface area contributed by atoms with Crippen molar-refractivity contribution in [3.05, 3.63) is 86.8 Å². The van der Waals surface area contributed by atoms with Crippen molar-refractivity contribution in [1.82, 2.24) is 15.2 Å². The Labute approximate surface area is 178 Å². The molecule has 1 aliphatic heterocycles. The van der Waals surface area contributed by atoms with Crippen molar-refractivity contribution in [2.75, 3.05) is 5.75 Å². The summed E-state index contributed by atoms with van der Waals surface area (Å²) in [6.45, 7) is 0. The zero-order valence-electron chi connectivity index (χ0n) is 15.5. The van der Waals surface area contributed by atoms with Gasteiger partial charge in [-0.25, -0.2) is 9.55 Å². The molecule has 1 aliphatic rings. The summed E-state index contributed by atoms with van der Waals surface area (Å²) in [6, 6.07) is 16.7. The minimum Gasteiger partial charge on any atom is -0.258 e.